The van der Waals surface area contributed by atoms with E-state index >= 15 is 0 Å². The lowest BCUT2D eigenvalue weighted by Gasteiger charge is -1.99. The number of nitriles is 1. The SMILES string of the molecule is N#Cc1ccc(CCOSI)cc1. The molecular weight excluding hydrogens is 297 g/mol. The van der Waals surface area contributed by atoms with E-state index in [4.69, 9.17) is 9.44 Å². The summed E-state index contributed by atoms with van der Waals surface area (Å²) in [6, 6.07) is 9.65. The second-order valence-corrected chi connectivity index (χ2v) is 3.88. The van der Waals surface area contributed by atoms with Crippen LogP contribution in [-0.2, 0) is 10.6 Å². The minimum absolute atomic E-state index is 0.702. The molecule has 0 heterocycles. The first kappa shape index (κ1) is 10.8. The van der Waals surface area contributed by atoms with Crippen LogP contribution in [-0.4, -0.2) is 6.61 Å². The quantitative estimate of drug-likeness (QED) is 0.487. The van der Waals surface area contributed by atoms with E-state index in [-0.39, 0.29) is 0 Å². The zero-order chi connectivity index (χ0) is 9.52. The van der Waals surface area contributed by atoms with Crippen LogP contribution in [0.5, 0.6) is 0 Å². The summed E-state index contributed by atoms with van der Waals surface area (Å²) in [6.07, 6.45) is 0.891. The molecule has 0 amide bonds. The molecule has 68 valence electrons. The molecule has 0 fully saturated rings. The van der Waals surface area contributed by atoms with E-state index in [0.717, 1.165) is 6.42 Å². The highest BCUT2D eigenvalue weighted by atomic mass is 127. The van der Waals surface area contributed by atoms with E-state index < -0.39 is 0 Å². The molecule has 0 aliphatic carbocycles. The molecule has 1 rings (SSSR count). The summed E-state index contributed by atoms with van der Waals surface area (Å²) in [5, 5.41) is 8.56. The van der Waals surface area contributed by atoms with Crippen molar-refractivity contribution < 1.29 is 4.18 Å². The van der Waals surface area contributed by atoms with Gasteiger partial charge in [-0.15, -0.1) is 0 Å². The molecule has 0 aliphatic heterocycles. The van der Waals surface area contributed by atoms with Gasteiger partial charge in [-0.3, -0.25) is 0 Å². The highest BCUT2D eigenvalue weighted by Crippen LogP contribution is 2.13. The van der Waals surface area contributed by atoms with Crippen molar-refractivity contribution >= 4 is 30.4 Å². The number of hydrogen-bond donors (Lipinski definition) is 0. The van der Waals surface area contributed by atoms with Crippen LogP contribution < -0.4 is 0 Å². The second kappa shape index (κ2) is 6.24. The zero-order valence-corrected chi connectivity index (χ0v) is 9.84. The molecule has 0 saturated heterocycles. The van der Waals surface area contributed by atoms with Crippen LogP contribution in [0.1, 0.15) is 11.1 Å². The summed E-state index contributed by atoms with van der Waals surface area (Å²) in [5.74, 6) is 0. The third-order valence-corrected chi connectivity index (χ3v) is 2.62. The molecule has 4 heteroatoms. The maximum atomic E-state index is 8.56. The Bertz CT molecular complexity index is 293. The lowest BCUT2D eigenvalue weighted by Crippen LogP contribution is -1.91. The van der Waals surface area contributed by atoms with Crippen molar-refractivity contribution in [2.45, 2.75) is 6.42 Å². The van der Waals surface area contributed by atoms with Gasteiger partial charge in [-0.2, -0.15) is 5.26 Å². The Kier molecular flexibility index (Phi) is 5.20. The zero-order valence-electron chi connectivity index (χ0n) is 6.87. The molecule has 0 atom stereocenters. The maximum Gasteiger partial charge on any atom is 0.0991 e. The van der Waals surface area contributed by atoms with Crippen molar-refractivity contribution in [3.8, 4) is 6.07 Å². The summed E-state index contributed by atoms with van der Waals surface area (Å²) >= 11 is 2.09. The van der Waals surface area contributed by atoms with Crippen molar-refractivity contribution in [3.63, 3.8) is 0 Å². The van der Waals surface area contributed by atoms with Crippen LogP contribution in [0.25, 0.3) is 0 Å². The molecular formula is C9H8INOS. The number of rotatable bonds is 4. The van der Waals surface area contributed by atoms with E-state index in [9.17, 15) is 0 Å². The average molecular weight is 305 g/mol. The maximum absolute atomic E-state index is 8.56. The Balaban J connectivity index is 2.46. The topological polar surface area (TPSA) is 33.0 Å². The first-order valence-corrected chi connectivity index (χ1v) is 7.04. The van der Waals surface area contributed by atoms with Crippen molar-refractivity contribution in [1.29, 1.82) is 5.26 Å². The van der Waals surface area contributed by atoms with Crippen molar-refractivity contribution in [3.05, 3.63) is 35.4 Å². The third kappa shape index (κ3) is 3.98. The van der Waals surface area contributed by atoms with Gasteiger partial charge in [0.05, 0.1) is 27.5 Å². The van der Waals surface area contributed by atoms with Gasteiger partial charge < -0.3 is 4.18 Å². The average Bonchev–Trinajstić information content (AvgIpc) is 2.19. The van der Waals surface area contributed by atoms with E-state index in [0.29, 0.717) is 12.2 Å². The lowest BCUT2D eigenvalue weighted by atomic mass is 10.1. The Hall–Kier alpha value is -0.250. The fourth-order valence-corrected chi connectivity index (χ4v) is 1.62. The van der Waals surface area contributed by atoms with Gasteiger partial charge in [0.15, 0.2) is 0 Å². The first-order valence-electron chi connectivity index (χ1n) is 3.76. The van der Waals surface area contributed by atoms with Crippen molar-refractivity contribution in [2.24, 2.45) is 0 Å². The molecule has 0 aliphatic rings. The van der Waals surface area contributed by atoms with Crippen LogP contribution in [0.15, 0.2) is 24.3 Å². The number of hydrogen-bond acceptors (Lipinski definition) is 3. The Labute approximate surface area is 94.1 Å². The predicted octanol–water partition coefficient (Wildman–Crippen LogP) is 3.12. The Morgan fingerprint density at radius 2 is 2.08 bits per heavy atom. The molecule has 0 spiro atoms. The number of halogens is 1. The minimum Gasteiger partial charge on any atom is -0.305 e. The summed E-state index contributed by atoms with van der Waals surface area (Å²) in [5.41, 5.74) is 1.90. The van der Waals surface area contributed by atoms with Gasteiger partial charge in [0, 0.05) is 21.2 Å². The van der Waals surface area contributed by atoms with Gasteiger partial charge in [0.25, 0.3) is 0 Å². The molecule has 0 N–H and O–H groups in total. The molecule has 1 aromatic rings. The smallest absolute Gasteiger partial charge is 0.0991 e. The Morgan fingerprint density at radius 3 is 2.62 bits per heavy atom. The molecule has 0 saturated carbocycles. The molecule has 0 unspecified atom stereocenters. The van der Waals surface area contributed by atoms with Crippen molar-refractivity contribution in [2.75, 3.05) is 6.61 Å². The standard InChI is InChI=1S/C9H8INOS/c10-13-12-6-5-8-1-3-9(7-11)4-2-8/h1-4H,5-6H2. The van der Waals surface area contributed by atoms with Gasteiger partial charge in [-0.05, 0) is 24.1 Å². The predicted molar refractivity (Wildman–Crippen MR) is 62.4 cm³/mol. The monoisotopic (exact) mass is 305 g/mol. The summed E-state index contributed by atoms with van der Waals surface area (Å²) in [6.45, 7) is 0.708. The normalized spacial score (nSPS) is 9.54. The van der Waals surface area contributed by atoms with Gasteiger partial charge in [0.1, 0.15) is 0 Å². The van der Waals surface area contributed by atoms with Crippen LogP contribution >= 0.6 is 30.4 Å². The molecule has 1 aromatic carbocycles. The van der Waals surface area contributed by atoms with Crippen LogP contribution in [0.4, 0.5) is 0 Å². The number of nitrogens with zero attached hydrogens (tertiary/aromatic N) is 1. The van der Waals surface area contributed by atoms with E-state index in [1.54, 1.807) is 0 Å². The van der Waals surface area contributed by atoms with Gasteiger partial charge in [0.2, 0.25) is 0 Å². The van der Waals surface area contributed by atoms with Crippen LogP contribution in [0.3, 0.4) is 0 Å². The second-order valence-electron chi connectivity index (χ2n) is 2.44. The van der Waals surface area contributed by atoms with Crippen LogP contribution in [0, 0.1) is 11.3 Å². The fourth-order valence-electron chi connectivity index (χ4n) is 0.937. The van der Waals surface area contributed by atoms with Crippen molar-refractivity contribution in [1.82, 2.24) is 0 Å². The lowest BCUT2D eigenvalue weighted by molar-refractivity contribution is 0.386. The molecule has 2 nitrogen and oxygen atoms in total. The van der Waals surface area contributed by atoms with E-state index in [2.05, 4.69) is 27.3 Å². The number of benzene rings is 1. The highest BCUT2D eigenvalue weighted by Gasteiger charge is 1.94. The van der Waals surface area contributed by atoms with Gasteiger partial charge >= 0.3 is 0 Å². The summed E-state index contributed by atoms with van der Waals surface area (Å²) in [4.78, 5) is 0. The molecule has 0 bridgehead atoms. The van der Waals surface area contributed by atoms with E-state index in [1.165, 1.54) is 14.8 Å². The molecule has 13 heavy (non-hydrogen) atoms. The van der Waals surface area contributed by atoms with Crippen LogP contribution in [0.2, 0.25) is 0 Å². The Morgan fingerprint density at radius 1 is 1.38 bits per heavy atom. The van der Waals surface area contributed by atoms with Gasteiger partial charge in [-0.25, -0.2) is 0 Å². The third-order valence-electron chi connectivity index (χ3n) is 1.60. The first-order chi connectivity index (χ1) is 6.36. The highest BCUT2D eigenvalue weighted by molar-refractivity contribution is 14.2. The molecule has 0 aromatic heterocycles. The van der Waals surface area contributed by atoms with Gasteiger partial charge in [-0.1, -0.05) is 12.1 Å². The minimum atomic E-state index is 0.702. The summed E-state index contributed by atoms with van der Waals surface area (Å²) in [7, 11) is 1.35. The molecule has 0 radical (unpaired) electrons. The van der Waals surface area contributed by atoms with E-state index in [1.807, 2.05) is 24.3 Å². The fraction of sp³-hybridized carbons (Fsp3) is 0.222. The largest absolute Gasteiger partial charge is 0.305 e. The summed E-state index contributed by atoms with van der Waals surface area (Å²) < 4.78 is 5.13.